The molecule has 2 aromatic carbocycles. The number of nitrogens with zero attached hydrogens (tertiary/aromatic N) is 3. The molecule has 148 valence electrons. The highest BCUT2D eigenvalue weighted by atomic mass is 35.5. The Balaban J connectivity index is 1.47. The van der Waals surface area contributed by atoms with Gasteiger partial charge >= 0.3 is 0 Å². The van der Waals surface area contributed by atoms with Crippen molar-refractivity contribution in [2.24, 2.45) is 0 Å². The molecule has 0 N–H and O–H groups in total. The smallest absolute Gasteiger partial charge is 0.218 e. The van der Waals surface area contributed by atoms with E-state index in [1.165, 1.54) is 4.31 Å². The topological polar surface area (TPSA) is 73.6 Å². The fourth-order valence-electron chi connectivity index (χ4n) is 3.11. The number of nitriles is 1. The highest BCUT2D eigenvalue weighted by Crippen LogP contribution is 2.23. The molecule has 8 heteroatoms. The van der Waals surface area contributed by atoms with Gasteiger partial charge in [0.2, 0.25) is 10.0 Å². The number of benzene rings is 2. The van der Waals surface area contributed by atoms with Crippen LogP contribution in [0.15, 0.2) is 48.5 Å². The van der Waals surface area contributed by atoms with Crippen molar-refractivity contribution < 1.29 is 13.2 Å². The third-order valence-corrected chi connectivity index (χ3v) is 6.79. The lowest BCUT2D eigenvalue weighted by Gasteiger charge is -2.33. The van der Waals surface area contributed by atoms with Gasteiger partial charge in [0.25, 0.3) is 0 Å². The van der Waals surface area contributed by atoms with Gasteiger partial charge < -0.3 is 4.74 Å². The Kier molecular flexibility index (Phi) is 6.92. The van der Waals surface area contributed by atoms with Crippen LogP contribution in [-0.2, 0) is 15.8 Å². The summed E-state index contributed by atoms with van der Waals surface area (Å²) >= 11 is 6.07. The van der Waals surface area contributed by atoms with E-state index in [1.807, 2.05) is 24.3 Å². The minimum atomic E-state index is -3.41. The van der Waals surface area contributed by atoms with E-state index in [0.717, 1.165) is 0 Å². The Morgan fingerprint density at radius 2 is 1.82 bits per heavy atom. The van der Waals surface area contributed by atoms with Crippen LogP contribution in [0, 0.1) is 11.3 Å². The molecule has 28 heavy (non-hydrogen) atoms. The summed E-state index contributed by atoms with van der Waals surface area (Å²) in [6.07, 6.45) is 0. The standard InChI is InChI=1S/C20H22ClN3O3S/c21-19-6-1-2-7-20(19)27-13-12-23-8-10-24(11-9-23)28(25,26)16-18-5-3-4-17(14-18)15-22/h1-7,14H,8-13,16H2. The fourth-order valence-corrected chi connectivity index (χ4v) is 4.80. The summed E-state index contributed by atoms with van der Waals surface area (Å²) < 4.78 is 32.6. The quantitative estimate of drug-likeness (QED) is 0.689. The van der Waals surface area contributed by atoms with E-state index in [-0.39, 0.29) is 5.75 Å². The monoisotopic (exact) mass is 419 g/mol. The van der Waals surface area contributed by atoms with Crippen LogP contribution >= 0.6 is 11.6 Å². The summed E-state index contributed by atoms with van der Waals surface area (Å²) in [6, 6.07) is 16.1. The van der Waals surface area contributed by atoms with Crippen molar-refractivity contribution in [3.63, 3.8) is 0 Å². The molecule has 0 unspecified atom stereocenters. The molecule has 1 aliphatic rings. The molecule has 3 rings (SSSR count). The van der Waals surface area contributed by atoms with Gasteiger partial charge in [-0.1, -0.05) is 35.9 Å². The lowest BCUT2D eigenvalue weighted by atomic mass is 10.2. The van der Waals surface area contributed by atoms with E-state index in [0.29, 0.717) is 61.2 Å². The Bertz CT molecular complexity index is 951. The van der Waals surface area contributed by atoms with Gasteiger partial charge in [0.15, 0.2) is 0 Å². The largest absolute Gasteiger partial charge is 0.491 e. The van der Waals surface area contributed by atoms with Crippen LogP contribution in [0.25, 0.3) is 0 Å². The molecule has 0 spiro atoms. The molecule has 0 aromatic heterocycles. The first-order valence-corrected chi connectivity index (χ1v) is 11.0. The van der Waals surface area contributed by atoms with Crippen LogP contribution in [0.1, 0.15) is 11.1 Å². The van der Waals surface area contributed by atoms with Gasteiger partial charge in [0, 0.05) is 32.7 Å². The molecule has 0 radical (unpaired) electrons. The number of ether oxygens (including phenoxy) is 1. The van der Waals surface area contributed by atoms with Gasteiger partial charge in [-0.3, -0.25) is 4.90 Å². The van der Waals surface area contributed by atoms with E-state index >= 15 is 0 Å². The van der Waals surface area contributed by atoms with Crippen molar-refractivity contribution in [3.05, 3.63) is 64.7 Å². The van der Waals surface area contributed by atoms with Crippen LogP contribution < -0.4 is 4.74 Å². The predicted octanol–water partition coefficient (Wildman–Crippen LogP) is 2.74. The van der Waals surface area contributed by atoms with Crippen molar-refractivity contribution in [2.75, 3.05) is 39.3 Å². The lowest BCUT2D eigenvalue weighted by molar-refractivity contribution is 0.159. The minimum absolute atomic E-state index is 0.0852. The number of halogens is 1. The maximum absolute atomic E-state index is 12.7. The predicted molar refractivity (Wildman–Crippen MR) is 109 cm³/mol. The number of hydrogen-bond donors (Lipinski definition) is 0. The summed E-state index contributed by atoms with van der Waals surface area (Å²) in [6.45, 7) is 3.42. The molecule has 1 saturated heterocycles. The average molecular weight is 420 g/mol. The minimum Gasteiger partial charge on any atom is -0.491 e. The average Bonchev–Trinajstić information content (AvgIpc) is 2.70. The second kappa shape index (κ2) is 9.39. The van der Waals surface area contributed by atoms with Gasteiger partial charge in [-0.2, -0.15) is 9.57 Å². The Morgan fingerprint density at radius 3 is 2.54 bits per heavy atom. The number of piperazine rings is 1. The van der Waals surface area contributed by atoms with E-state index in [1.54, 1.807) is 30.3 Å². The highest BCUT2D eigenvalue weighted by molar-refractivity contribution is 7.88. The zero-order chi connectivity index (χ0) is 20.0. The summed E-state index contributed by atoms with van der Waals surface area (Å²) in [5.41, 5.74) is 1.10. The summed E-state index contributed by atoms with van der Waals surface area (Å²) in [7, 11) is -3.41. The van der Waals surface area contributed by atoms with Crippen LogP contribution in [0.5, 0.6) is 5.75 Å². The van der Waals surface area contributed by atoms with Gasteiger partial charge in [-0.05, 0) is 29.8 Å². The second-order valence-corrected chi connectivity index (χ2v) is 8.96. The normalized spacial score (nSPS) is 15.9. The molecule has 2 aromatic rings. The number of para-hydroxylation sites is 1. The van der Waals surface area contributed by atoms with Crippen LogP contribution in [0.3, 0.4) is 0 Å². The highest BCUT2D eigenvalue weighted by Gasteiger charge is 2.27. The Labute approximate surface area is 170 Å². The van der Waals surface area contributed by atoms with Crippen LogP contribution in [0.2, 0.25) is 5.02 Å². The van der Waals surface area contributed by atoms with E-state index in [4.69, 9.17) is 21.6 Å². The molecule has 0 aliphatic carbocycles. The number of hydrogen-bond acceptors (Lipinski definition) is 5. The molecule has 1 fully saturated rings. The van der Waals surface area contributed by atoms with Crippen molar-refractivity contribution in [2.45, 2.75) is 5.75 Å². The molecule has 0 bridgehead atoms. The van der Waals surface area contributed by atoms with Gasteiger partial charge in [0.05, 0.1) is 22.4 Å². The first-order chi connectivity index (χ1) is 13.5. The number of sulfonamides is 1. The van der Waals surface area contributed by atoms with Gasteiger partial charge in [-0.15, -0.1) is 0 Å². The second-order valence-electron chi connectivity index (χ2n) is 6.59. The van der Waals surface area contributed by atoms with Crippen LogP contribution in [-0.4, -0.2) is 57.0 Å². The Hall–Kier alpha value is -2.11. The summed E-state index contributed by atoms with van der Waals surface area (Å²) in [5.74, 6) is 0.572. The van der Waals surface area contributed by atoms with Gasteiger partial charge in [0.1, 0.15) is 12.4 Å². The van der Waals surface area contributed by atoms with E-state index in [9.17, 15) is 8.42 Å². The first kappa shape index (κ1) is 20.6. The zero-order valence-electron chi connectivity index (χ0n) is 15.4. The fraction of sp³-hybridized carbons (Fsp3) is 0.350. The van der Waals surface area contributed by atoms with E-state index < -0.39 is 10.0 Å². The van der Waals surface area contributed by atoms with Gasteiger partial charge in [-0.25, -0.2) is 8.42 Å². The SMILES string of the molecule is N#Cc1cccc(CS(=O)(=O)N2CCN(CCOc3ccccc3Cl)CC2)c1. The Morgan fingerprint density at radius 1 is 1.07 bits per heavy atom. The summed E-state index contributed by atoms with van der Waals surface area (Å²) in [4.78, 5) is 2.18. The van der Waals surface area contributed by atoms with Crippen molar-refractivity contribution >= 4 is 21.6 Å². The van der Waals surface area contributed by atoms with Crippen molar-refractivity contribution in [1.82, 2.24) is 9.21 Å². The number of rotatable bonds is 7. The van der Waals surface area contributed by atoms with Crippen molar-refractivity contribution in [1.29, 1.82) is 5.26 Å². The molecule has 6 nitrogen and oxygen atoms in total. The lowest BCUT2D eigenvalue weighted by Crippen LogP contribution is -2.49. The van der Waals surface area contributed by atoms with Crippen molar-refractivity contribution in [3.8, 4) is 11.8 Å². The molecule has 0 saturated carbocycles. The first-order valence-electron chi connectivity index (χ1n) is 9.04. The maximum Gasteiger partial charge on any atom is 0.218 e. The molecule has 1 aliphatic heterocycles. The third kappa shape index (κ3) is 5.46. The van der Waals surface area contributed by atoms with Crippen LogP contribution in [0.4, 0.5) is 0 Å². The molecule has 0 amide bonds. The third-order valence-electron chi connectivity index (χ3n) is 4.63. The molecular formula is C20H22ClN3O3S. The molecular weight excluding hydrogens is 398 g/mol. The summed E-state index contributed by atoms with van der Waals surface area (Å²) in [5, 5.41) is 9.55. The zero-order valence-corrected chi connectivity index (χ0v) is 17.0. The molecule has 0 atom stereocenters. The maximum atomic E-state index is 12.7. The van der Waals surface area contributed by atoms with E-state index in [2.05, 4.69) is 4.90 Å². The molecule has 1 heterocycles.